The van der Waals surface area contributed by atoms with E-state index in [-0.39, 0.29) is 0 Å². The molecule has 7 rings (SSSR count). The molecule has 6 aliphatic carbocycles. The van der Waals surface area contributed by atoms with E-state index in [1.807, 2.05) is 14.2 Å². The molecule has 6 aliphatic rings. The van der Waals surface area contributed by atoms with Crippen molar-refractivity contribution < 1.29 is 9.47 Å². The van der Waals surface area contributed by atoms with E-state index in [1.165, 1.54) is 47.6 Å². The molecule has 12 atom stereocenters. The van der Waals surface area contributed by atoms with Crippen LogP contribution in [0.25, 0.3) is 11.5 Å². The van der Waals surface area contributed by atoms with Gasteiger partial charge in [0.2, 0.25) is 0 Å². The quantitative estimate of drug-likeness (QED) is 0.587. The Kier molecular flexibility index (Phi) is 4.32. The molecule has 5 saturated carbocycles. The summed E-state index contributed by atoms with van der Waals surface area (Å²) in [5.74, 6) is 12.8. The van der Waals surface area contributed by atoms with Gasteiger partial charge in [0.15, 0.2) is 0 Å². The van der Waals surface area contributed by atoms with E-state index < -0.39 is 0 Å². The van der Waals surface area contributed by atoms with E-state index in [2.05, 4.69) is 52.0 Å². The van der Waals surface area contributed by atoms with Gasteiger partial charge in [-0.25, -0.2) is 0 Å². The fraction of sp³-hybridized carbons (Fsp3) is 0.742. The van der Waals surface area contributed by atoms with E-state index in [1.54, 1.807) is 0 Å². The first-order chi connectivity index (χ1) is 15.9. The van der Waals surface area contributed by atoms with Crippen molar-refractivity contribution in [3.63, 3.8) is 0 Å². The number of benzene rings is 1. The highest BCUT2D eigenvalue weighted by Crippen LogP contribution is 2.78. The highest BCUT2D eigenvalue weighted by molar-refractivity contribution is 5.58. The maximum atomic E-state index is 6.25. The Morgan fingerprint density at radius 3 is 1.73 bits per heavy atom. The molecule has 2 nitrogen and oxygen atoms in total. The lowest BCUT2D eigenvalue weighted by Gasteiger charge is -2.50. The molecule has 0 saturated heterocycles. The number of ether oxygens (including phenoxy) is 2. The van der Waals surface area contributed by atoms with Crippen molar-refractivity contribution in [2.45, 2.75) is 53.4 Å². The van der Waals surface area contributed by atoms with Crippen molar-refractivity contribution in [1.29, 1.82) is 0 Å². The monoisotopic (exact) mass is 446 g/mol. The molecule has 0 radical (unpaired) electrons. The Bertz CT molecular complexity index is 1090. The summed E-state index contributed by atoms with van der Waals surface area (Å²) >= 11 is 0. The third-order valence-electron chi connectivity index (χ3n) is 12.0. The zero-order valence-electron chi connectivity index (χ0n) is 21.4. The summed E-state index contributed by atoms with van der Waals surface area (Å²) in [6.07, 6.45) is 5.80. The lowest BCUT2D eigenvalue weighted by molar-refractivity contribution is -0.00505. The molecule has 1 aromatic rings. The van der Waals surface area contributed by atoms with Gasteiger partial charge in [-0.3, -0.25) is 0 Å². The Morgan fingerprint density at radius 2 is 1.24 bits per heavy atom. The van der Waals surface area contributed by atoms with Crippen LogP contribution in [0.2, 0.25) is 0 Å². The van der Waals surface area contributed by atoms with Gasteiger partial charge in [-0.15, -0.1) is 0 Å². The number of hydrogen-bond acceptors (Lipinski definition) is 2. The van der Waals surface area contributed by atoms with Crippen LogP contribution >= 0.6 is 0 Å². The maximum Gasteiger partial charge on any atom is 0.108 e. The Balaban J connectivity index is 1.35. The van der Waals surface area contributed by atoms with Crippen molar-refractivity contribution in [1.82, 2.24) is 0 Å². The molecule has 0 aromatic heterocycles. The van der Waals surface area contributed by atoms with E-state index in [0.717, 1.165) is 59.2 Å². The molecular formula is C31H42O2. The average Bonchev–Trinajstić information content (AvgIpc) is 3.58. The SMILES string of the molecule is CCC1CC(C(C)(C)C)C2C3CC(C12)C1C2CC(C4C(OC)=c5ccccc5=C(OC)C24)C31. The largest absolute Gasteiger partial charge is 0.500 e. The van der Waals surface area contributed by atoms with Gasteiger partial charge in [0, 0.05) is 22.3 Å². The molecule has 12 unspecified atom stereocenters. The number of rotatable bonds is 3. The van der Waals surface area contributed by atoms with Crippen LogP contribution < -0.4 is 10.4 Å². The van der Waals surface area contributed by atoms with Crippen LogP contribution in [0.3, 0.4) is 0 Å². The minimum atomic E-state index is 0.442. The van der Waals surface area contributed by atoms with Gasteiger partial charge in [-0.1, -0.05) is 58.4 Å². The minimum absolute atomic E-state index is 0.442. The van der Waals surface area contributed by atoms with Gasteiger partial charge in [-0.05, 0) is 83.9 Å². The first-order valence-corrected chi connectivity index (χ1v) is 13.8. The first kappa shape index (κ1) is 20.9. The van der Waals surface area contributed by atoms with Crippen LogP contribution in [0, 0.1) is 76.4 Å². The van der Waals surface area contributed by atoms with Crippen LogP contribution in [-0.2, 0) is 9.47 Å². The number of hydrogen-bond donors (Lipinski definition) is 0. The zero-order valence-corrected chi connectivity index (χ0v) is 21.4. The van der Waals surface area contributed by atoms with Crippen molar-refractivity contribution in [3.8, 4) is 0 Å². The second kappa shape index (κ2) is 6.82. The van der Waals surface area contributed by atoms with Gasteiger partial charge >= 0.3 is 0 Å². The van der Waals surface area contributed by atoms with E-state index >= 15 is 0 Å². The van der Waals surface area contributed by atoms with Crippen LogP contribution in [0.1, 0.15) is 53.4 Å². The molecule has 5 fully saturated rings. The van der Waals surface area contributed by atoms with Crippen LogP contribution in [-0.4, -0.2) is 14.2 Å². The van der Waals surface area contributed by atoms with Crippen LogP contribution in [0.5, 0.6) is 0 Å². The van der Waals surface area contributed by atoms with Crippen molar-refractivity contribution >= 4 is 11.5 Å². The fourth-order valence-corrected chi connectivity index (χ4v) is 11.5. The third-order valence-corrected chi connectivity index (χ3v) is 12.0. The Morgan fingerprint density at radius 1 is 0.727 bits per heavy atom. The topological polar surface area (TPSA) is 18.5 Å². The van der Waals surface area contributed by atoms with E-state index in [0.29, 0.717) is 17.3 Å². The molecule has 178 valence electrons. The number of methoxy groups -OCH3 is 2. The molecule has 0 heterocycles. The second-order valence-corrected chi connectivity index (χ2v) is 13.5. The summed E-state index contributed by atoms with van der Waals surface area (Å²) in [6.45, 7) is 10.1. The minimum Gasteiger partial charge on any atom is -0.500 e. The summed E-state index contributed by atoms with van der Waals surface area (Å²) in [5.41, 5.74) is 0.442. The van der Waals surface area contributed by atoms with E-state index in [9.17, 15) is 0 Å². The molecule has 0 N–H and O–H groups in total. The molecule has 0 spiro atoms. The highest BCUT2D eigenvalue weighted by Gasteiger charge is 2.74. The third kappa shape index (κ3) is 2.42. The summed E-state index contributed by atoms with van der Waals surface area (Å²) in [7, 11) is 3.83. The highest BCUT2D eigenvalue weighted by atomic mass is 16.5. The van der Waals surface area contributed by atoms with Crippen molar-refractivity contribution in [2.24, 2.45) is 76.4 Å². The Labute approximate surface area is 199 Å². The lowest BCUT2D eigenvalue weighted by Crippen LogP contribution is -2.50. The lowest BCUT2D eigenvalue weighted by atomic mass is 9.55. The Hall–Kier alpha value is -1.44. The first-order valence-electron chi connectivity index (χ1n) is 13.8. The summed E-state index contributed by atoms with van der Waals surface area (Å²) in [6, 6.07) is 8.87. The fourth-order valence-electron chi connectivity index (χ4n) is 11.5. The molecule has 0 aliphatic heterocycles. The average molecular weight is 447 g/mol. The predicted octanol–water partition coefficient (Wildman–Crippen LogP) is 5.30. The molecule has 1 aromatic carbocycles. The smallest absolute Gasteiger partial charge is 0.108 e. The molecule has 0 amide bonds. The molecule has 33 heavy (non-hydrogen) atoms. The van der Waals surface area contributed by atoms with Gasteiger partial charge in [-0.2, -0.15) is 0 Å². The summed E-state index contributed by atoms with van der Waals surface area (Å²) < 4.78 is 12.5. The van der Waals surface area contributed by atoms with Gasteiger partial charge in [0.05, 0.1) is 14.2 Å². The van der Waals surface area contributed by atoms with Crippen LogP contribution in [0.15, 0.2) is 24.3 Å². The van der Waals surface area contributed by atoms with Gasteiger partial charge in [0.25, 0.3) is 0 Å². The maximum absolute atomic E-state index is 6.25. The molecular weight excluding hydrogens is 404 g/mol. The summed E-state index contributed by atoms with van der Waals surface area (Å²) in [5, 5.41) is 2.59. The molecule has 2 heteroatoms. The van der Waals surface area contributed by atoms with Crippen LogP contribution in [0.4, 0.5) is 0 Å². The van der Waals surface area contributed by atoms with Crippen molar-refractivity contribution in [3.05, 3.63) is 34.7 Å². The van der Waals surface area contributed by atoms with Crippen molar-refractivity contribution in [2.75, 3.05) is 14.2 Å². The zero-order chi connectivity index (χ0) is 22.8. The molecule has 4 bridgehead atoms. The number of fused-ring (bicyclic) bond motifs is 16. The second-order valence-electron chi connectivity index (χ2n) is 13.5. The van der Waals surface area contributed by atoms with Gasteiger partial charge < -0.3 is 9.47 Å². The van der Waals surface area contributed by atoms with E-state index in [4.69, 9.17) is 9.47 Å². The van der Waals surface area contributed by atoms with Gasteiger partial charge in [0.1, 0.15) is 11.5 Å². The summed E-state index contributed by atoms with van der Waals surface area (Å²) in [4.78, 5) is 0. The standard InChI is InChI=1S/C31H42O2/c1-7-15-12-22(31(2,3)4)26-19-13-18(23(15)26)24-20-14-21(25(19)24)28-27(20)29(32-5)16-10-8-9-11-17(16)30(28)33-6/h8-11,15,18-28H,7,12-14H2,1-6H3. The normalized spacial score (nSPS) is 48.5. The predicted molar refractivity (Wildman–Crippen MR) is 132 cm³/mol.